The molecule has 0 atom stereocenters. The molecule has 1 aromatic carbocycles. The number of pyridine rings is 1. The predicted molar refractivity (Wildman–Crippen MR) is 105 cm³/mol. The summed E-state index contributed by atoms with van der Waals surface area (Å²) in [6.07, 6.45) is 2.50. The topological polar surface area (TPSA) is 106 Å². The highest BCUT2D eigenvalue weighted by molar-refractivity contribution is 7.92. The first-order valence-electron chi connectivity index (χ1n) is 8.48. The van der Waals surface area contributed by atoms with Crippen molar-refractivity contribution < 1.29 is 17.6 Å². The molecule has 2 N–H and O–H groups in total. The van der Waals surface area contributed by atoms with Crippen LogP contribution in [0.5, 0.6) is 0 Å². The molecule has 0 aliphatic rings. The number of anilines is 2. The third-order valence-corrected chi connectivity index (χ3v) is 4.54. The van der Waals surface area contributed by atoms with Crippen molar-refractivity contribution in [1.82, 2.24) is 14.8 Å². The first-order chi connectivity index (χ1) is 13.0. The molecule has 8 nitrogen and oxygen atoms in total. The minimum Gasteiger partial charge on any atom is -0.322 e. The van der Waals surface area contributed by atoms with Gasteiger partial charge >= 0.3 is 0 Å². The molecule has 28 heavy (non-hydrogen) atoms. The number of aromatic nitrogens is 3. The highest BCUT2D eigenvalue weighted by Gasteiger charge is 2.18. The van der Waals surface area contributed by atoms with Gasteiger partial charge in [-0.2, -0.15) is 5.10 Å². The van der Waals surface area contributed by atoms with Crippen molar-refractivity contribution in [1.29, 1.82) is 0 Å². The van der Waals surface area contributed by atoms with E-state index in [-0.39, 0.29) is 17.4 Å². The molecule has 0 radical (unpaired) electrons. The van der Waals surface area contributed by atoms with Crippen molar-refractivity contribution in [3.8, 4) is 0 Å². The fraction of sp³-hybridized carbons (Fsp3) is 0.278. The van der Waals surface area contributed by atoms with Crippen molar-refractivity contribution in [2.24, 2.45) is 0 Å². The first kappa shape index (κ1) is 19.7. The number of hydrogen-bond donors (Lipinski definition) is 2. The maximum atomic E-state index is 13.8. The van der Waals surface area contributed by atoms with E-state index in [0.717, 1.165) is 12.3 Å². The fourth-order valence-electron chi connectivity index (χ4n) is 2.79. The Kier molecular flexibility index (Phi) is 5.07. The second kappa shape index (κ2) is 7.19. The molecule has 2 aromatic heterocycles. The number of nitrogens with zero attached hydrogens (tertiary/aromatic N) is 3. The Hall–Kier alpha value is -3.01. The van der Waals surface area contributed by atoms with Gasteiger partial charge < -0.3 is 5.32 Å². The van der Waals surface area contributed by atoms with E-state index in [9.17, 15) is 17.6 Å². The van der Waals surface area contributed by atoms with Crippen LogP contribution in [-0.4, -0.2) is 35.3 Å². The first-order valence-corrected chi connectivity index (χ1v) is 10.4. The lowest BCUT2D eigenvalue weighted by Crippen LogP contribution is -2.15. The van der Waals surface area contributed by atoms with Gasteiger partial charge in [-0.15, -0.1) is 0 Å². The van der Waals surface area contributed by atoms with E-state index in [1.54, 1.807) is 23.9 Å². The van der Waals surface area contributed by atoms with Gasteiger partial charge in [0.1, 0.15) is 5.82 Å². The van der Waals surface area contributed by atoms with E-state index >= 15 is 0 Å². The van der Waals surface area contributed by atoms with E-state index in [4.69, 9.17) is 0 Å². The Morgan fingerprint density at radius 3 is 2.61 bits per heavy atom. The lowest BCUT2D eigenvalue weighted by molar-refractivity contribution is 0.102. The summed E-state index contributed by atoms with van der Waals surface area (Å²) in [5, 5.41) is 7.56. The molecule has 1 amide bonds. The molecular weight excluding hydrogens is 385 g/mol. The maximum absolute atomic E-state index is 13.8. The van der Waals surface area contributed by atoms with Crippen LogP contribution < -0.4 is 10.0 Å². The number of sulfonamides is 1. The van der Waals surface area contributed by atoms with Gasteiger partial charge in [-0.05, 0) is 45.0 Å². The number of aryl methyl sites for hydroxylation is 1. The van der Waals surface area contributed by atoms with Crippen molar-refractivity contribution in [2.75, 3.05) is 16.3 Å². The predicted octanol–water partition coefficient (Wildman–Crippen LogP) is 3.08. The molecule has 0 fully saturated rings. The summed E-state index contributed by atoms with van der Waals surface area (Å²) >= 11 is 0. The van der Waals surface area contributed by atoms with Gasteiger partial charge in [0.25, 0.3) is 5.91 Å². The van der Waals surface area contributed by atoms with Crippen molar-refractivity contribution in [3.63, 3.8) is 0 Å². The van der Waals surface area contributed by atoms with Gasteiger partial charge in [-0.3, -0.25) is 9.52 Å². The lowest BCUT2D eigenvalue weighted by atomic mass is 10.1. The van der Waals surface area contributed by atoms with Crippen LogP contribution in [0, 0.1) is 12.7 Å². The number of nitrogens with one attached hydrogen (secondary N) is 2. The number of benzene rings is 1. The number of halogens is 1. The molecule has 0 saturated heterocycles. The molecule has 2 heterocycles. The summed E-state index contributed by atoms with van der Waals surface area (Å²) in [7, 11) is -3.66. The largest absolute Gasteiger partial charge is 0.322 e. The van der Waals surface area contributed by atoms with E-state index in [1.165, 1.54) is 12.1 Å². The molecule has 0 spiro atoms. The standard InChI is InChI=1S/C18H20FN5O3S/c1-10(2)24-17-14(9-20-24)13(7-11(3)21-17)18(25)22-12-5-6-15(19)16(8-12)23-28(4,26)27/h5-10,23H,1-4H3,(H,22,25). The van der Waals surface area contributed by atoms with Gasteiger partial charge in [0.05, 0.1) is 29.1 Å². The van der Waals surface area contributed by atoms with Gasteiger partial charge in [0.2, 0.25) is 10.0 Å². The smallest absolute Gasteiger partial charge is 0.256 e. The Balaban J connectivity index is 1.97. The van der Waals surface area contributed by atoms with Crippen LogP contribution in [0.4, 0.5) is 15.8 Å². The SMILES string of the molecule is Cc1cc(C(=O)Nc2ccc(F)c(NS(C)(=O)=O)c2)c2cnn(C(C)C)c2n1. The zero-order chi connectivity index (χ0) is 20.6. The van der Waals surface area contributed by atoms with Crippen LogP contribution in [0.2, 0.25) is 0 Å². The summed E-state index contributed by atoms with van der Waals surface area (Å²) in [6, 6.07) is 5.36. The van der Waals surface area contributed by atoms with E-state index in [2.05, 4.69) is 20.1 Å². The number of carbonyl (C=O) groups is 1. The third-order valence-electron chi connectivity index (χ3n) is 3.95. The van der Waals surface area contributed by atoms with Crippen molar-refractivity contribution >= 4 is 38.3 Å². The second-order valence-electron chi connectivity index (χ2n) is 6.75. The monoisotopic (exact) mass is 405 g/mol. The van der Waals surface area contributed by atoms with Crippen molar-refractivity contribution in [3.05, 3.63) is 47.5 Å². The molecule has 0 unspecified atom stereocenters. The fourth-order valence-corrected chi connectivity index (χ4v) is 3.34. The number of carbonyl (C=O) groups excluding carboxylic acids is 1. The number of fused-ring (bicyclic) bond motifs is 1. The Labute approximate surface area is 161 Å². The molecule has 0 saturated carbocycles. The minimum atomic E-state index is -3.66. The molecule has 0 bridgehead atoms. The van der Waals surface area contributed by atoms with Gasteiger partial charge in [0.15, 0.2) is 5.65 Å². The van der Waals surface area contributed by atoms with Gasteiger partial charge in [-0.1, -0.05) is 0 Å². The van der Waals surface area contributed by atoms with E-state index in [1.807, 2.05) is 13.8 Å². The van der Waals surface area contributed by atoms with E-state index in [0.29, 0.717) is 22.3 Å². The summed E-state index contributed by atoms with van der Waals surface area (Å²) in [5.74, 6) is -1.18. The number of amides is 1. The zero-order valence-corrected chi connectivity index (χ0v) is 16.6. The van der Waals surface area contributed by atoms with Crippen LogP contribution in [0.15, 0.2) is 30.5 Å². The maximum Gasteiger partial charge on any atom is 0.256 e. The van der Waals surface area contributed by atoms with E-state index < -0.39 is 21.7 Å². The molecule has 0 aliphatic carbocycles. The average Bonchev–Trinajstić information content (AvgIpc) is 2.99. The molecule has 3 rings (SSSR count). The Bertz CT molecular complexity index is 1170. The highest BCUT2D eigenvalue weighted by atomic mass is 32.2. The van der Waals surface area contributed by atoms with Crippen LogP contribution in [0.1, 0.15) is 35.9 Å². The number of hydrogen-bond acceptors (Lipinski definition) is 5. The Morgan fingerprint density at radius 2 is 1.96 bits per heavy atom. The summed E-state index contributed by atoms with van der Waals surface area (Å²) in [4.78, 5) is 17.3. The molecule has 3 aromatic rings. The quantitative estimate of drug-likeness (QED) is 0.679. The zero-order valence-electron chi connectivity index (χ0n) is 15.8. The minimum absolute atomic E-state index is 0.0736. The lowest BCUT2D eigenvalue weighted by Gasteiger charge is -2.11. The third kappa shape index (κ3) is 4.11. The molecule has 0 aliphatic heterocycles. The average molecular weight is 405 g/mol. The summed E-state index contributed by atoms with van der Waals surface area (Å²) in [6.45, 7) is 5.70. The van der Waals surface area contributed by atoms with Gasteiger partial charge in [-0.25, -0.2) is 22.5 Å². The number of rotatable bonds is 5. The summed E-state index contributed by atoms with van der Waals surface area (Å²) < 4.78 is 40.4. The summed E-state index contributed by atoms with van der Waals surface area (Å²) in [5.41, 5.74) is 1.62. The second-order valence-corrected chi connectivity index (χ2v) is 8.50. The van der Waals surface area contributed by atoms with Crippen LogP contribution in [0.3, 0.4) is 0 Å². The van der Waals surface area contributed by atoms with Crippen LogP contribution >= 0.6 is 0 Å². The van der Waals surface area contributed by atoms with Gasteiger partial charge in [0, 0.05) is 17.4 Å². The van der Waals surface area contributed by atoms with Crippen molar-refractivity contribution in [2.45, 2.75) is 26.8 Å². The molecular formula is C18H20FN5O3S. The molecule has 148 valence electrons. The molecule has 10 heteroatoms. The normalized spacial score (nSPS) is 11.8. The Morgan fingerprint density at radius 1 is 1.25 bits per heavy atom. The highest BCUT2D eigenvalue weighted by Crippen LogP contribution is 2.24. The van der Waals surface area contributed by atoms with Crippen LogP contribution in [-0.2, 0) is 10.0 Å². The van der Waals surface area contributed by atoms with Crippen LogP contribution in [0.25, 0.3) is 11.0 Å².